The Morgan fingerprint density at radius 1 is 1.44 bits per heavy atom. The third-order valence-corrected chi connectivity index (χ3v) is 3.02. The highest BCUT2D eigenvalue weighted by Crippen LogP contribution is 2.08. The van der Waals surface area contributed by atoms with Gasteiger partial charge in [-0.15, -0.1) is 11.3 Å². The highest BCUT2D eigenvalue weighted by Gasteiger charge is 2.09. The second kappa shape index (κ2) is 6.66. The van der Waals surface area contributed by atoms with E-state index in [0.29, 0.717) is 6.42 Å². The molecule has 3 nitrogen and oxygen atoms in total. The van der Waals surface area contributed by atoms with Crippen molar-refractivity contribution in [2.75, 3.05) is 0 Å². The zero-order valence-corrected chi connectivity index (χ0v) is 10.9. The average Bonchev–Trinajstić information content (AvgIpc) is 2.65. The summed E-state index contributed by atoms with van der Waals surface area (Å²) in [6.45, 7) is 6.82. The molecule has 0 radical (unpaired) electrons. The van der Waals surface area contributed by atoms with Gasteiger partial charge in [-0.05, 0) is 32.2 Å². The van der Waals surface area contributed by atoms with Crippen LogP contribution in [0.3, 0.4) is 0 Å². The van der Waals surface area contributed by atoms with Crippen LogP contribution in [0.1, 0.15) is 32.1 Å². The molecule has 1 amide bonds. The van der Waals surface area contributed by atoms with Crippen LogP contribution in [0.4, 0.5) is 0 Å². The molecule has 1 heterocycles. The van der Waals surface area contributed by atoms with Crippen molar-refractivity contribution >= 4 is 17.2 Å². The largest absolute Gasteiger partial charge is 0.354 e. The normalized spacial score (nSPS) is 12.8. The molecule has 4 heteroatoms. The fraction of sp³-hybridized carbons (Fsp3) is 0.583. The molecule has 0 bridgehead atoms. The van der Waals surface area contributed by atoms with E-state index in [-0.39, 0.29) is 18.0 Å². The van der Waals surface area contributed by atoms with Crippen molar-refractivity contribution in [2.45, 2.75) is 45.8 Å². The topological polar surface area (TPSA) is 41.1 Å². The van der Waals surface area contributed by atoms with Crippen molar-refractivity contribution in [3.63, 3.8) is 0 Å². The summed E-state index contributed by atoms with van der Waals surface area (Å²) in [4.78, 5) is 12.8. The molecule has 2 N–H and O–H groups in total. The molecule has 1 atom stereocenters. The van der Waals surface area contributed by atoms with Crippen LogP contribution in [0.15, 0.2) is 17.5 Å². The Morgan fingerprint density at radius 3 is 2.75 bits per heavy atom. The van der Waals surface area contributed by atoms with Gasteiger partial charge in [0.15, 0.2) is 0 Å². The van der Waals surface area contributed by atoms with E-state index in [1.165, 1.54) is 4.88 Å². The third kappa shape index (κ3) is 5.28. The SMILES string of the molecule is CC(C)NC(=O)CC(C)NCc1cccs1. The van der Waals surface area contributed by atoms with E-state index in [0.717, 1.165) is 6.54 Å². The Balaban J connectivity index is 2.20. The van der Waals surface area contributed by atoms with Crippen LogP contribution in [0.25, 0.3) is 0 Å². The summed E-state index contributed by atoms with van der Waals surface area (Å²) in [5, 5.41) is 8.29. The minimum atomic E-state index is 0.112. The molecule has 0 saturated carbocycles. The van der Waals surface area contributed by atoms with E-state index in [4.69, 9.17) is 0 Å². The molecule has 1 rings (SSSR count). The summed E-state index contributed by atoms with van der Waals surface area (Å²) in [5.41, 5.74) is 0. The minimum Gasteiger partial charge on any atom is -0.354 e. The van der Waals surface area contributed by atoms with E-state index in [1.807, 2.05) is 26.8 Å². The molecule has 0 spiro atoms. The van der Waals surface area contributed by atoms with E-state index in [2.05, 4.69) is 22.1 Å². The number of hydrogen-bond donors (Lipinski definition) is 2. The zero-order valence-electron chi connectivity index (χ0n) is 10.1. The lowest BCUT2D eigenvalue weighted by atomic mass is 10.2. The predicted molar refractivity (Wildman–Crippen MR) is 68.5 cm³/mol. The number of amides is 1. The van der Waals surface area contributed by atoms with Gasteiger partial charge >= 0.3 is 0 Å². The first-order chi connectivity index (χ1) is 7.58. The first-order valence-electron chi connectivity index (χ1n) is 5.63. The summed E-state index contributed by atoms with van der Waals surface area (Å²) < 4.78 is 0. The predicted octanol–water partition coefficient (Wildman–Crippen LogP) is 2.14. The molecule has 0 saturated heterocycles. The maximum absolute atomic E-state index is 11.5. The van der Waals surface area contributed by atoms with E-state index >= 15 is 0 Å². The molecule has 0 fully saturated rings. The molecule has 1 unspecified atom stereocenters. The highest BCUT2D eigenvalue weighted by molar-refractivity contribution is 7.09. The van der Waals surface area contributed by atoms with Gasteiger partial charge in [0.05, 0.1) is 0 Å². The number of hydrogen-bond acceptors (Lipinski definition) is 3. The lowest BCUT2D eigenvalue weighted by Crippen LogP contribution is -2.36. The molecular weight excluding hydrogens is 220 g/mol. The van der Waals surface area contributed by atoms with Crippen LogP contribution in [0.5, 0.6) is 0 Å². The van der Waals surface area contributed by atoms with Gasteiger partial charge in [-0.2, -0.15) is 0 Å². The Bertz CT molecular complexity index is 309. The number of nitrogens with one attached hydrogen (secondary N) is 2. The van der Waals surface area contributed by atoms with Crippen LogP contribution >= 0.6 is 11.3 Å². The number of rotatable bonds is 6. The van der Waals surface area contributed by atoms with Gasteiger partial charge in [-0.3, -0.25) is 4.79 Å². The first-order valence-corrected chi connectivity index (χ1v) is 6.51. The minimum absolute atomic E-state index is 0.112. The Hall–Kier alpha value is -0.870. The van der Waals surface area contributed by atoms with E-state index in [1.54, 1.807) is 11.3 Å². The van der Waals surface area contributed by atoms with Crippen molar-refractivity contribution in [2.24, 2.45) is 0 Å². The number of carbonyl (C=O) groups excluding carboxylic acids is 1. The summed E-state index contributed by atoms with van der Waals surface area (Å²) in [5.74, 6) is 0.112. The lowest BCUT2D eigenvalue weighted by molar-refractivity contribution is -0.122. The average molecular weight is 240 g/mol. The van der Waals surface area contributed by atoms with Crippen LogP contribution in [0.2, 0.25) is 0 Å². The van der Waals surface area contributed by atoms with Gasteiger partial charge < -0.3 is 10.6 Å². The van der Waals surface area contributed by atoms with Crippen molar-refractivity contribution < 1.29 is 4.79 Å². The Morgan fingerprint density at radius 2 is 2.19 bits per heavy atom. The van der Waals surface area contributed by atoms with Crippen molar-refractivity contribution in [3.05, 3.63) is 22.4 Å². The van der Waals surface area contributed by atoms with Crippen LogP contribution in [0, 0.1) is 0 Å². The summed E-state index contributed by atoms with van der Waals surface area (Å²) in [7, 11) is 0. The van der Waals surface area contributed by atoms with Crippen LogP contribution in [-0.4, -0.2) is 18.0 Å². The van der Waals surface area contributed by atoms with Gasteiger partial charge in [0, 0.05) is 29.9 Å². The number of carbonyl (C=O) groups is 1. The van der Waals surface area contributed by atoms with E-state index in [9.17, 15) is 4.79 Å². The second-order valence-electron chi connectivity index (χ2n) is 4.29. The quantitative estimate of drug-likeness (QED) is 0.800. The maximum Gasteiger partial charge on any atom is 0.221 e. The molecule has 0 aromatic carbocycles. The molecular formula is C12H20N2OS. The second-order valence-corrected chi connectivity index (χ2v) is 5.32. The Kier molecular flexibility index (Phi) is 5.49. The smallest absolute Gasteiger partial charge is 0.221 e. The Labute approximate surface area is 101 Å². The van der Waals surface area contributed by atoms with Crippen molar-refractivity contribution in [3.8, 4) is 0 Å². The molecule has 1 aromatic heterocycles. The molecule has 0 aliphatic heterocycles. The number of thiophene rings is 1. The van der Waals surface area contributed by atoms with Gasteiger partial charge in [0.1, 0.15) is 0 Å². The summed E-state index contributed by atoms with van der Waals surface area (Å²) >= 11 is 1.73. The molecule has 0 aliphatic carbocycles. The van der Waals surface area contributed by atoms with Gasteiger partial charge in [0.2, 0.25) is 5.91 Å². The molecule has 16 heavy (non-hydrogen) atoms. The maximum atomic E-state index is 11.5. The van der Waals surface area contributed by atoms with Crippen LogP contribution in [-0.2, 0) is 11.3 Å². The van der Waals surface area contributed by atoms with Crippen molar-refractivity contribution in [1.29, 1.82) is 0 Å². The summed E-state index contributed by atoms with van der Waals surface area (Å²) in [6.07, 6.45) is 0.531. The fourth-order valence-electron chi connectivity index (χ4n) is 1.42. The standard InChI is InChI=1S/C12H20N2OS/c1-9(2)14-12(15)7-10(3)13-8-11-5-4-6-16-11/h4-6,9-10,13H,7-8H2,1-3H3,(H,14,15). The lowest BCUT2D eigenvalue weighted by Gasteiger charge is -2.14. The monoisotopic (exact) mass is 240 g/mol. The van der Waals surface area contributed by atoms with Gasteiger partial charge in [-0.25, -0.2) is 0 Å². The molecule has 90 valence electrons. The van der Waals surface area contributed by atoms with E-state index < -0.39 is 0 Å². The highest BCUT2D eigenvalue weighted by atomic mass is 32.1. The van der Waals surface area contributed by atoms with Crippen molar-refractivity contribution in [1.82, 2.24) is 10.6 Å². The van der Waals surface area contributed by atoms with Gasteiger partial charge in [0.25, 0.3) is 0 Å². The first kappa shape index (κ1) is 13.2. The van der Waals surface area contributed by atoms with Gasteiger partial charge in [-0.1, -0.05) is 6.07 Å². The third-order valence-electron chi connectivity index (χ3n) is 2.15. The van der Waals surface area contributed by atoms with Crippen LogP contribution < -0.4 is 10.6 Å². The summed E-state index contributed by atoms with van der Waals surface area (Å²) in [6, 6.07) is 4.56. The fourth-order valence-corrected chi connectivity index (χ4v) is 2.07. The zero-order chi connectivity index (χ0) is 12.0. The molecule has 0 aliphatic rings. The molecule has 1 aromatic rings.